The second kappa shape index (κ2) is 25.9. The molecule has 11 heterocycles. The Morgan fingerprint density at radius 2 is 0.490 bits per heavy atom. The minimum Gasteiger partial charge on any atom is -0.657 e. The van der Waals surface area contributed by atoms with Gasteiger partial charge in [-0.2, -0.15) is 0 Å². The van der Waals surface area contributed by atoms with Crippen molar-refractivity contribution >= 4 is 103 Å². The van der Waals surface area contributed by atoms with E-state index >= 15 is 0 Å². The number of furan rings is 1. The summed E-state index contributed by atoms with van der Waals surface area (Å²) in [6.45, 7) is 10.6. The monoisotopic (exact) mass is 1360 g/mol. The van der Waals surface area contributed by atoms with Crippen LogP contribution >= 0.6 is 0 Å². The molecule has 18 rings (SSSR count). The van der Waals surface area contributed by atoms with Crippen LogP contribution in [0.2, 0.25) is 0 Å². The number of nitrogens with zero attached hydrogens (tertiary/aromatic N) is 5. The Morgan fingerprint density at radius 1 is 0.245 bits per heavy atom. The number of H-pyrrole nitrogens is 3. The maximum atomic E-state index is 6.97. The summed E-state index contributed by atoms with van der Waals surface area (Å²) in [7, 11) is 0. The van der Waals surface area contributed by atoms with Crippen LogP contribution in [0.3, 0.4) is 0 Å². The predicted molar refractivity (Wildman–Crippen MR) is 418 cm³/mol. The second-order valence-electron chi connectivity index (χ2n) is 26.5. The standard InChI is InChI=1S/C92H64N8O.Zn/c1-54-6-22-61(23-7-54)86-74-44-46-76(97-74)87(62-24-8-55(2)9-25-62)78-48-50-80(99-78)90(81-51-49-79(100-81)88(77-47-45-75(86)98-77)63-26-10-56(3)11-27-63)65-34-20-60(21-35-65)17-16-59-18-32-64(33-19-59)89-72-40-36-68(93-72)70-38-42-82(95-70)91(66-28-12-57(4)13-29-66)84-52-53-85(101-84)92(67-30-14-58(5)15-31-67)83-43-39-71(96-83)69-37-41-73(89)94-69;/h6-15,18-53,93,95-96H,1-5H3;/q-2;+2. The Labute approximate surface area is 602 Å². The van der Waals surface area contributed by atoms with Crippen molar-refractivity contribution in [1.29, 1.82) is 0 Å². The Balaban J connectivity index is 0.00000774. The molecule has 0 saturated carbocycles. The molecule has 3 aliphatic heterocycles. The third-order valence-electron chi connectivity index (χ3n) is 19.4. The summed E-state index contributed by atoms with van der Waals surface area (Å²) in [6.07, 6.45) is 12.7. The number of hydrogen-bond acceptors (Lipinski definition) is 4. The number of fused-ring (bicyclic) bond motifs is 20. The Kier molecular flexibility index (Phi) is 15.9. The Bertz CT molecular complexity index is 6330. The van der Waals surface area contributed by atoms with E-state index in [1.54, 1.807) is 0 Å². The molecule has 8 aromatic heterocycles. The van der Waals surface area contributed by atoms with Gasteiger partial charge in [-0.25, -0.2) is 15.0 Å². The topological polar surface area (TPSA) is 127 Å². The van der Waals surface area contributed by atoms with Gasteiger partial charge in [0.2, 0.25) is 0 Å². The van der Waals surface area contributed by atoms with Crippen LogP contribution in [-0.4, -0.2) is 29.9 Å². The Morgan fingerprint density at radius 3 is 0.833 bits per heavy atom. The van der Waals surface area contributed by atoms with Gasteiger partial charge in [0, 0.05) is 33.3 Å². The van der Waals surface area contributed by atoms with Crippen LogP contribution in [0, 0.1) is 46.5 Å². The molecule has 3 N–H and O–H groups in total. The van der Waals surface area contributed by atoms with E-state index in [1.807, 2.05) is 0 Å². The molecule has 9 nitrogen and oxygen atoms in total. The van der Waals surface area contributed by atoms with E-state index in [0.29, 0.717) is 0 Å². The Hall–Kier alpha value is -12.7. The first-order valence-electron chi connectivity index (χ1n) is 34.1. The molecule has 0 unspecified atom stereocenters. The molecule has 480 valence electrons. The molecule has 0 atom stereocenters. The molecular formula is C92H64N8OZn. The van der Waals surface area contributed by atoms with Crippen molar-refractivity contribution in [2.45, 2.75) is 34.6 Å². The normalized spacial score (nSPS) is 11.9. The van der Waals surface area contributed by atoms with Gasteiger partial charge in [-0.15, -0.1) is 22.1 Å². The number of nitrogens with one attached hydrogen (secondary N) is 3. The predicted octanol–water partition coefficient (Wildman–Crippen LogP) is 22.8. The molecule has 15 aromatic rings. The molecule has 7 aromatic carbocycles. The molecule has 0 spiro atoms. The van der Waals surface area contributed by atoms with Crippen LogP contribution in [0.25, 0.3) is 181 Å². The van der Waals surface area contributed by atoms with Gasteiger partial charge >= 0.3 is 19.5 Å². The first-order valence-corrected chi connectivity index (χ1v) is 34.1. The first-order chi connectivity index (χ1) is 49.5. The van der Waals surface area contributed by atoms with E-state index in [-0.39, 0.29) is 19.5 Å². The fraction of sp³-hybridized carbons (Fsp3) is 0.0543. The molecule has 0 amide bonds. The third-order valence-corrected chi connectivity index (χ3v) is 19.4. The molecule has 0 fully saturated rings. The average molecular weight is 1360 g/mol. The van der Waals surface area contributed by atoms with Gasteiger partial charge in [0.1, 0.15) is 11.2 Å². The summed E-state index contributed by atoms with van der Waals surface area (Å²) >= 11 is 0. The average Bonchev–Trinajstić information content (AvgIpc) is 1.62. The van der Waals surface area contributed by atoms with Crippen LogP contribution in [0.4, 0.5) is 0 Å². The van der Waals surface area contributed by atoms with Gasteiger partial charge in [-0.1, -0.05) is 210 Å². The fourth-order valence-corrected chi connectivity index (χ4v) is 14.1. The van der Waals surface area contributed by atoms with Crippen LogP contribution in [-0.2, 0) is 19.5 Å². The van der Waals surface area contributed by atoms with E-state index in [1.165, 1.54) is 27.8 Å². The van der Waals surface area contributed by atoms with E-state index in [4.69, 9.17) is 29.3 Å². The van der Waals surface area contributed by atoms with E-state index < -0.39 is 0 Å². The van der Waals surface area contributed by atoms with Crippen LogP contribution < -0.4 is 9.97 Å². The number of rotatable bonds is 7. The SMILES string of the molecule is Cc1ccc(-c2c3nc(c(-c4ccc(C)cc4)c4ccc([n-]4)c(-c4ccc(C#Cc5ccc(-c6c7nc(c8ccc([nH]8)c(-c8ccc(C)cc8)c8ccc(o8)c(-c8ccc(C)cc8)c8ccc([nH]8)c8ccc6[nH]8)C=C7)cc5)cc4)c4nc(c(-c5ccc(C)cc5)c5ccc2[n-]5)C=C4)C=C3)cc1.[Zn+2]. The fourth-order valence-electron chi connectivity index (χ4n) is 14.1. The number of aryl methyl sites for hydroxylation is 5. The van der Waals surface area contributed by atoms with Crippen molar-refractivity contribution in [2.75, 3.05) is 0 Å². The molecular weight excluding hydrogens is 1300 g/mol. The maximum absolute atomic E-state index is 6.97. The summed E-state index contributed by atoms with van der Waals surface area (Å²) in [5.74, 6) is 7.00. The van der Waals surface area contributed by atoms with Crippen LogP contribution in [0.1, 0.15) is 73.1 Å². The van der Waals surface area contributed by atoms with Crippen LogP contribution in [0.5, 0.6) is 0 Å². The largest absolute Gasteiger partial charge is 2.00 e. The first kappa shape index (κ1) is 62.8. The second-order valence-corrected chi connectivity index (χ2v) is 26.5. The summed E-state index contributed by atoms with van der Waals surface area (Å²) in [5.41, 5.74) is 36.6. The molecule has 0 saturated heterocycles. The summed E-state index contributed by atoms with van der Waals surface area (Å²) in [5, 5.41) is 0. The van der Waals surface area contributed by atoms with E-state index in [9.17, 15) is 0 Å². The van der Waals surface area contributed by atoms with Gasteiger partial charge < -0.3 is 29.3 Å². The summed E-state index contributed by atoms with van der Waals surface area (Å²) in [6, 6.07) is 85.4. The van der Waals surface area contributed by atoms with Crippen LogP contribution in [0.15, 0.2) is 247 Å². The van der Waals surface area contributed by atoms with Crippen molar-refractivity contribution in [2.24, 2.45) is 0 Å². The van der Waals surface area contributed by atoms with Crippen molar-refractivity contribution in [3.63, 3.8) is 0 Å². The van der Waals surface area contributed by atoms with Crippen molar-refractivity contribution < 1.29 is 23.9 Å². The summed E-state index contributed by atoms with van der Waals surface area (Å²) < 4.78 is 6.97. The van der Waals surface area contributed by atoms with Gasteiger partial charge in [0.25, 0.3) is 0 Å². The quantitative estimate of drug-likeness (QED) is 0.108. The van der Waals surface area contributed by atoms with Gasteiger partial charge in [-0.05, 0) is 205 Å². The third kappa shape index (κ3) is 11.8. The molecule has 3 aliphatic rings. The smallest absolute Gasteiger partial charge is 0.657 e. The van der Waals surface area contributed by atoms with E-state index in [2.05, 4.69) is 341 Å². The van der Waals surface area contributed by atoms with Crippen molar-refractivity contribution in [3.05, 3.63) is 316 Å². The molecule has 0 radical (unpaired) electrons. The zero-order chi connectivity index (χ0) is 67.8. The molecule has 0 aliphatic carbocycles. The number of benzene rings is 7. The minimum atomic E-state index is 0. The zero-order valence-corrected chi connectivity index (χ0v) is 59.9. The number of hydrogen-bond donors (Lipinski definition) is 3. The van der Waals surface area contributed by atoms with Gasteiger partial charge in [-0.3, -0.25) is 0 Å². The van der Waals surface area contributed by atoms with Crippen molar-refractivity contribution in [1.82, 2.24) is 39.9 Å². The van der Waals surface area contributed by atoms with Gasteiger partial charge in [0.05, 0.1) is 61.7 Å². The number of aromatic amines is 3. The molecule has 18 bridgehead atoms. The number of aromatic nitrogens is 8. The molecule has 102 heavy (non-hydrogen) atoms. The molecule has 10 heteroatoms. The summed E-state index contributed by atoms with van der Waals surface area (Å²) in [4.78, 5) is 38.7. The van der Waals surface area contributed by atoms with Crippen molar-refractivity contribution in [3.8, 4) is 89.7 Å². The van der Waals surface area contributed by atoms with Gasteiger partial charge in [0.15, 0.2) is 0 Å². The maximum Gasteiger partial charge on any atom is 2.00 e. The zero-order valence-electron chi connectivity index (χ0n) is 56.9. The minimum absolute atomic E-state index is 0. The van der Waals surface area contributed by atoms with E-state index in [0.717, 1.165) is 190 Å².